The Morgan fingerprint density at radius 2 is 1.97 bits per heavy atom. The van der Waals surface area contributed by atoms with Gasteiger partial charge in [-0.25, -0.2) is 4.39 Å². The molecule has 33 heavy (non-hydrogen) atoms. The third kappa shape index (κ3) is 6.83. The fourth-order valence-electron chi connectivity index (χ4n) is 4.45. The second-order valence-corrected chi connectivity index (χ2v) is 9.51. The molecular formula is C20H26F4N6O2S. The molecule has 1 aliphatic heterocycles. The fourth-order valence-corrected chi connectivity index (χ4v) is 5.08. The lowest BCUT2D eigenvalue weighted by Gasteiger charge is -2.39. The molecule has 0 aromatic carbocycles. The normalized spacial score (nSPS) is 22.7. The maximum Gasteiger partial charge on any atom is 0.445 e. The second kappa shape index (κ2) is 10.7. The van der Waals surface area contributed by atoms with Crippen LogP contribution in [0.25, 0.3) is 0 Å². The lowest BCUT2D eigenvalue weighted by atomic mass is 9.78. The SMILES string of the molecule is N#C[C@@H]1C[C@H](F)CN1C(=O)CNC1(CCCC(=O)Nc2nnc(C(F)(F)F)s2)CCCCC1. The van der Waals surface area contributed by atoms with Gasteiger partial charge in [0.15, 0.2) is 0 Å². The van der Waals surface area contributed by atoms with Crippen LogP contribution >= 0.6 is 11.3 Å². The van der Waals surface area contributed by atoms with Gasteiger partial charge in [0.1, 0.15) is 12.2 Å². The standard InChI is InChI=1S/C20H26F4N6O2S/c21-13-9-14(10-25)30(12-13)16(32)11-26-19(6-2-1-3-7-19)8-4-5-15(31)27-18-29-28-17(33-18)20(22,23)24/h13-14,26H,1-9,11-12H2,(H,27,29,31)/t13-,14-/m0/s1. The highest BCUT2D eigenvalue weighted by molar-refractivity contribution is 7.15. The second-order valence-electron chi connectivity index (χ2n) is 8.53. The molecule has 2 heterocycles. The highest BCUT2D eigenvalue weighted by Gasteiger charge is 2.38. The Kier molecular flexibility index (Phi) is 8.23. The topological polar surface area (TPSA) is 111 Å². The average molecular weight is 491 g/mol. The van der Waals surface area contributed by atoms with Crippen LogP contribution < -0.4 is 10.6 Å². The van der Waals surface area contributed by atoms with Crippen molar-refractivity contribution in [2.75, 3.05) is 18.4 Å². The number of nitrogens with one attached hydrogen (secondary N) is 2. The molecule has 1 saturated heterocycles. The van der Waals surface area contributed by atoms with E-state index in [1.807, 2.05) is 6.07 Å². The summed E-state index contributed by atoms with van der Waals surface area (Å²) in [5, 5.41) is 19.9. The van der Waals surface area contributed by atoms with Crippen molar-refractivity contribution in [2.45, 2.75) is 81.7 Å². The number of likely N-dealkylation sites (tertiary alicyclic amines) is 1. The maximum absolute atomic E-state index is 13.6. The summed E-state index contributed by atoms with van der Waals surface area (Å²) in [6.45, 7) is -0.0876. The molecule has 3 rings (SSSR count). The van der Waals surface area contributed by atoms with E-state index in [0.29, 0.717) is 12.8 Å². The summed E-state index contributed by atoms with van der Waals surface area (Å²) in [7, 11) is 0. The van der Waals surface area contributed by atoms with Crippen molar-refractivity contribution in [1.29, 1.82) is 5.26 Å². The lowest BCUT2D eigenvalue weighted by Crippen LogP contribution is -2.51. The summed E-state index contributed by atoms with van der Waals surface area (Å²) in [5.74, 6) is -0.772. The number of aromatic nitrogens is 2. The summed E-state index contributed by atoms with van der Waals surface area (Å²) in [6.07, 6.45) is 0.0342. The van der Waals surface area contributed by atoms with Gasteiger partial charge in [-0.3, -0.25) is 9.59 Å². The van der Waals surface area contributed by atoms with Crippen molar-refractivity contribution in [3.8, 4) is 6.07 Å². The number of halogens is 4. The summed E-state index contributed by atoms with van der Waals surface area (Å²) < 4.78 is 51.4. The third-order valence-corrected chi connectivity index (χ3v) is 7.00. The number of nitriles is 1. The number of carbonyl (C=O) groups excluding carboxylic acids is 2. The first-order valence-electron chi connectivity index (χ1n) is 10.9. The Balaban J connectivity index is 1.49. The molecule has 2 N–H and O–H groups in total. The van der Waals surface area contributed by atoms with Crippen LogP contribution in [0.5, 0.6) is 0 Å². The van der Waals surface area contributed by atoms with E-state index in [0.717, 1.165) is 32.1 Å². The van der Waals surface area contributed by atoms with Gasteiger partial charge in [-0.2, -0.15) is 18.4 Å². The first-order valence-corrected chi connectivity index (χ1v) is 11.7. The van der Waals surface area contributed by atoms with Crippen molar-refractivity contribution < 1.29 is 27.2 Å². The molecule has 0 bridgehead atoms. The molecule has 2 fully saturated rings. The average Bonchev–Trinajstić information content (AvgIpc) is 3.39. The van der Waals surface area contributed by atoms with E-state index in [2.05, 4.69) is 20.8 Å². The molecule has 8 nitrogen and oxygen atoms in total. The minimum absolute atomic E-state index is 0.0118. The minimum atomic E-state index is -4.61. The van der Waals surface area contributed by atoms with Crippen molar-refractivity contribution in [3.63, 3.8) is 0 Å². The van der Waals surface area contributed by atoms with Crippen molar-refractivity contribution in [2.24, 2.45) is 0 Å². The van der Waals surface area contributed by atoms with Crippen LogP contribution in [0.4, 0.5) is 22.7 Å². The molecule has 1 aliphatic carbocycles. The zero-order chi connectivity index (χ0) is 24.1. The zero-order valence-electron chi connectivity index (χ0n) is 18.0. The van der Waals surface area contributed by atoms with E-state index in [9.17, 15) is 27.2 Å². The molecule has 182 valence electrons. The van der Waals surface area contributed by atoms with Gasteiger partial charge in [0, 0.05) is 18.4 Å². The van der Waals surface area contributed by atoms with Gasteiger partial charge in [0.25, 0.3) is 0 Å². The number of alkyl halides is 4. The molecule has 1 aromatic heterocycles. The van der Waals surface area contributed by atoms with Gasteiger partial charge in [-0.15, -0.1) is 10.2 Å². The summed E-state index contributed by atoms with van der Waals surface area (Å²) in [4.78, 5) is 26.0. The largest absolute Gasteiger partial charge is 0.445 e. The van der Waals surface area contributed by atoms with Crippen LogP contribution in [-0.2, 0) is 15.8 Å². The lowest BCUT2D eigenvalue weighted by molar-refractivity contribution is -0.138. The highest BCUT2D eigenvalue weighted by Crippen LogP contribution is 2.34. The number of hydrogen-bond donors (Lipinski definition) is 2. The summed E-state index contributed by atoms with van der Waals surface area (Å²) >= 11 is 0.271. The molecule has 2 atom stereocenters. The number of hydrogen-bond acceptors (Lipinski definition) is 7. The van der Waals surface area contributed by atoms with Gasteiger partial charge < -0.3 is 15.5 Å². The van der Waals surface area contributed by atoms with Gasteiger partial charge in [-0.1, -0.05) is 30.6 Å². The van der Waals surface area contributed by atoms with Gasteiger partial charge in [0.2, 0.25) is 22.0 Å². The highest BCUT2D eigenvalue weighted by atomic mass is 32.1. The number of carbonyl (C=O) groups is 2. The molecule has 0 spiro atoms. The molecule has 0 unspecified atom stereocenters. The van der Waals surface area contributed by atoms with E-state index in [1.165, 1.54) is 4.90 Å². The Morgan fingerprint density at radius 3 is 2.61 bits per heavy atom. The first kappa shape index (κ1) is 25.3. The number of amides is 2. The quantitative estimate of drug-likeness (QED) is 0.541. The van der Waals surface area contributed by atoms with Crippen LogP contribution in [0, 0.1) is 11.3 Å². The van der Waals surface area contributed by atoms with Crippen LogP contribution in [0.15, 0.2) is 0 Å². The fraction of sp³-hybridized carbons (Fsp3) is 0.750. The molecular weight excluding hydrogens is 464 g/mol. The van der Waals surface area contributed by atoms with E-state index >= 15 is 0 Å². The van der Waals surface area contributed by atoms with Crippen LogP contribution in [0.3, 0.4) is 0 Å². The molecule has 0 radical (unpaired) electrons. The number of anilines is 1. The van der Waals surface area contributed by atoms with Crippen LogP contribution in [-0.4, -0.2) is 57.8 Å². The van der Waals surface area contributed by atoms with Crippen LogP contribution in [0.2, 0.25) is 0 Å². The molecule has 2 aliphatic rings. The van der Waals surface area contributed by atoms with E-state index in [-0.39, 0.29) is 53.8 Å². The maximum atomic E-state index is 13.6. The van der Waals surface area contributed by atoms with Crippen molar-refractivity contribution >= 4 is 28.3 Å². The Hall–Kier alpha value is -2.33. The Morgan fingerprint density at radius 1 is 1.24 bits per heavy atom. The predicted molar refractivity (Wildman–Crippen MR) is 112 cm³/mol. The number of rotatable bonds is 8. The minimum Gasteiger partial charge on any atom is -0.323 e. The van der Waals surface area contributed by atoms with Crippen molar-refractivity contribution in [1.82, 2.24) is 20.4 Å². The molecule has 1 aromatic rings. The molecule has 13 heteroatoms. The summed E-state index contributed by atoms with van der Waals surface area (Å²) in [5.41, 5.74) is -0.350. The van der Waals surface area contributed by atoms with Gasteiger partial charge >= 0.3 is 6.18 Å². The number of nitrogens with zero attached hydrogens (tertiary/aromatic N) is 4. The van der Waals surface area contributed by atoms with Gasteiger partial charge in [0.05, 0.1) is 19.2 Å². The van der Waals surface area contributed by atoms with E-state index in [4.69, 9.17) is 5.26 Å². The zero-order valence-corrected chi connectivity index (χ0v) is 18.8. The van der Waals surface area contributed by atoms with Gasteiger partial charge in [-0.05, 0) is 25.7 Å². The van der Waals surface area contributed by atoms with E-state index < -0.39 is 29.3 Å². The van der Waals surface area contributed by atoms with Crippen LogP contribution in [0.1, 0.15) is 62.8 Å². The Labute approximate surface area is 192 Å². The first-order chi connectivity index (χ1) is 15.6. The summed E-state index contributed by atoms with van der Waals surface area (Å²) in [6, 6.07) is 1.22. The third-order valence-electron chi connectivity index (χ3n) is 6.12. The smallest absolute Gasteiger partial charge is 0.323 e. The predicted octanol–water partition coefficient (Wildman–Crippen LogP) is 3.42. The van der Waals surface area contributed by atoms with E-state index in [1.54, 1.807) is 0 Å². The monoisotopic (exact) mass is 490 g/mol. The molecule has 2 amide bonds. The van der Waals surface area contributed by atoms with Crippen molar-refractivity contribution in [3.05, 3.63) is 5.01 Å². The molecule has 1 saturated carbocycles. The Bertz CT molecular complexity index is 881.